The molecule has 3 nitrogen and oxygen atoms in total. The summed E-state index contributed by atoms with van der Waals surface area (Å²) in [6, 6.07) is 10.6. The molecule has 0 heterocycles. The number of hydrogen-bond acceptors (Lipinski definition) is 3. The lowest BCUT2D eigenvalue weighted by Gasteiger charge is -2.35. The molecule has 108 valence electrons. The van der Waals surface area contributed by atoms with Gasteiger partial charge < -0.3 is 15.5 Å². The summed E-state index contributed by atoms with van der Waals surface area (Å²) in [6.45, 7) is 8.22. The standard InChI is InChI=1S/C16H27NO2/c1-13(17-16(4,11-18)12-19)10-15(2,3)14-8-6-5-7-9-14/h5-9,13,17-19H,10-12H2,1-4H3. The van der Waals surface area contributed by atoms with Crippen molar-refractivity contribution in [3.8, 4) is 0 Å². The first-order valence-electron chi connectivity index (χ1n) is 6.88. The minimum Gasteiger partial charge on any atom is -0.394 e. The van der Waals surface area contributed by atoms with Gasteiger partial charge in [0.15, 0.2) is 0 Å². The van der Waals surface area contributed by atoms with Gasteiger partial charge in [0.25, 0.3) is 0 Å². The molecule has 0 aliphatic carbocycles. The molecule has 0 aliphatic heterocycles. The van der Waals surface area contributed by atoms with Crippen molar-refractivity contribution in [3.63, 3.8) is 0 Å². The Morgan fingerprint density at radius 1 is 1.05 bits per heavy atom. The van der Waals surface area contributed by atoms with Gasteiger partial charge in [-0.05, 0) is 31.2 Å². The summed E-state index contributed by atoms with van der Waals surface area (Å²) in [5.41, 5.74) is 0.740. The first-order chi connectivity index (χ1) is 8.83. The van der Waals surface area contributed by atoms with E-state index >= 15 is 0 Å². The summed E-state index contributed by atoms with van der Waals surface area (Å²) >= 11 is 0. The molecule has 0 bridgehead atoms. The van der Waals surface area contributed by atoms with Gasteiger partial charge in [0.1, 0.15) is 0 Å². The fourth-order valence-corrected chi connectivity index (χ4v) is 2.56. The Balaban J connectivity index is 2.68. The first-order valence-corrected chi connectivity index (χ1v) is 6.88. The van der Waals surface area contributed by atoms with E-state index < -0.39 is 5.54 Å². The van der Waals surface area contributed by atoms with E-state index in [0.29, 0.717) is 0 Å². The highest BCUT2D eigenvalue weighted by molar-refractivity contribution is 5.23. The van der Waals surface area contributed by atoms with Crippen LogP contribution in [0.15, 0.2) is 30.3 Å². The van der Waals surface area contributed by atoms with Gasteiger partial charge in [-0.15, -0.1) is 0 Å². The average molecular weight is 265 g/mol. The zero-order valence-corrected chi connectivity index (χ0v) is 12.5. The fraction of sp³-hybridized carbons (Fsp3) is 0.625. The van der Waals surface area contributed by atoms with Crippen LogP contribution in [0.25, 0.3) is 0 Å². The van der Waals surface area contributed by atoms with Gasteiger partial charge in [-0.1, -0.05) is 44.2 Å². The number of aliphatic hydroxyl groups is 2. The van der Waals surface area contributed by atoms with Crippen LogP contribution >= 0.6 is 0 Å². The Morgan fingerprint density at radius 3 is 2.05 bits per heavy atom. The third-order valence-electron chi connectivity index (χ3n) is 3.66. The molecule has 0 aliphatic rings. The van der Waals surface area contributed by atoms with E-state index in [1.54, 1.807) is 0 Å². The fourth-order valence-electron chi connectivity index (χ4n) is 2.56. The molecule has 0 spiro atoms. The average Bonchev–Trinajstić information content (AvgIpc) is 2.39. The third-order valence-corrected chi connectivity index (χ3v) is 3.66. The molecule has 3 heteroatoms. The Morgan fingerprint density at radius 2 is 1.58 bits per heavy atom. The van der Waals surface area contributed by atoms with Gasteiger partial charge in [0, 0.05) is 6.04 Å². The van der Waals surface area contributed by atoms with Crippen molar-refractivity contribution in [3.05, 3.63) is 35.9 Å². The molecule has 3 N–H and O–H groups in total. The Bertz CT molecular complexity index is 372. The zero-order chi connectivity index (χ0) is 14.5. The van der Waals surface area contributed by atoms with Crippen LogP contribution in [0.4, 0.5) is 0 Å². The van der Waals surface area contributed by atoms with Crippen LogP contribution in [0, 0.1) is 0 Å². The van der Waals surface area contributed by atoms with E-state index in [2.05, 4.69) is 50.4 Å². The van der Waals surface area contributed by atoms with Crippen molar-refractivity contribution >= 4 is 0 Å². The molecule has 1 unspecified atom stereocenters. The summed E-state index contributed by atoms with van der Waals surface area (Å²) in [5, 5.41) is 22.0. The lowest BCUT2D eigenvalue weighted by atomic mass is 9.79. The molecule has 0 radical (unpaired) electrons. The second-order valence-electron chi connectivity index (χ2n) is 6.38. The van der Waals surface area contributed by atoms with Gasteiger partial charge in [0.2, 0.25) is 0 Å². The van der Waals surface area contributed by atoms with Gasteiger partial charge in [-0.3, -0.25) is 0 Å². The lowest BCUT2D eigenvalue weighted by Crippen LogP contribution is -2.53. The highest BCUT2D eigenvalue weighted by Crippen LogP contribution is 2.28. The van der Waals surface area contributed by atoms with Crippen LogP contribution in [-0.2, 0) is 5.41 Å². The molecular weight excluding hydrogens is 238 g/mol. The maximum absolute atomic E-state index is 9.33. The largest absolute Gasteiger partial charge is 0.394 e. The van der Waals surface area contributed by atoms with E-state index in [1.165, 1.54) is 5.56 Å². The molecule has 1 aromatic rings. The normalized spacial score (nSPS) is 14.4. The summed E-state index contributed by atoms with van der Waals surface area (Å²) in [5.74, 6) is 0. The van der Waals surface area contributed by atoms with Crippen molar-refractivity contribution in [2.75, 3.05) is 13.2 Å². The van der Waals surface area contributed by atoms with Crippen molar-refractivity contribution in [2.45, 2.75) is 51.1 Å². The number of nitrogens with one attached hydrogen (secondary N) is 1. The number of benzene rings is 1. The predicted molar refractivity (Wildman–Crippen MR) is 79.3 cm³/mol. The topological polar surface area (TPSA) is 52.5 Å². The van der Waals surface area contributed by atoms with E-state index in [9.17, 15) is 10.2 Å². The summed E-state index contributed by atoms with van der Waals surface area (Å²) in [7, 11) is 0. The van der Waals surface area contributed by atoms with E-state index in [0.717, 1.165) is 6.42 Å². The molecule has 1 atom stereocenters. The van der Waals surface area contributed by atoms with Gasteiger partial charge in [-0.2, -0.15) is 0 Å². The molecule has 1 rings (SSSR count). The Hall–Kier alpha value is -0.900. The minimum atomic E-state index is -0.619. The van der Waals surface area contributed by atoms with Crippen LogP contribution in [0.3, 0.4) is 0 Å². The van der Waals surface area contributed by atoms with Crippen LogP contribution in [-0.4, -0.2) is 35.0 Å². The van der Waals surface area contributed by atoms with Crippen LogP contribution in [0.1, 0.15) is 39.7 Å². The monoisotopic (exact) mass is 265 g/mol. The van der Waals surface area contributed by atoms with Crippen LogP contribution in [0.2, 0.25) is 0 Å². The van der Waals surface area contributed by atoms with Crippen molar-refractivity contribution in [1.82, 2.24) is 5.32 Å². The lowest BCUT2D eigenvalue weighted by molar-refractivity contribution is 0.0921. The van der Waals surface area contributed by atoms with Crippen molar-refractivity contribution < 1.29 is 10.2 Å². The smallest absolute Gasteiger partial charge is 0.0633 e. The highest BCUT2D eigenvalue weighted by atomic mass is 16.3. The molecule has 0 saturated carbocycles. The number of aliphatic hydroxyl groups excluding tert-OH is 2. The second-order valence-corrected chi connectivity index (χ2v) is 6.38. The molecule has 1 aromatic carbocycles. The van der Waals surface area contributed by atoms with Crippen molar-refractivity contribution in [2.24, 2.45) is 0 Å². The second kappa shape index (κ2) is 6.51. The quantitative estimate of drug-likeness (QED) is 0.707. The van der Waals surface area contributed by atoms with E-state index in [-0.39, 0.29) is 24.7 Å². The highest BCUT2D eigenvalue weighted by Gasteiger charge is 2.28. The van der Waals surface area contributed by atoms with Crippen LogP contribution in [0.5, 0.6) is 0 Å². The number of rotatable bonds is 7. The Labute approximate surface area is 116 Å². The molecule has 0 fully saturated rings. The summed E-state index contributed by atoms with van der Waals surface area (Å²) in [4.78, 5) is 0. The first kappa shape index (κ1) is 16.2. The molecule has 0 aromatic heterocycles. The molecule has 0 saturated heterocycles. The summed E-state index contributed by atoms with van der Waals surface area (Å²) in [6.07, 6.45) is 0.937. The van der Waals surface area contributed by atoms with Gasteiger partial charge in [-0.25, -0.2) is 0 Å². The van der Waals surface area contributed by atoms with E-state index in [4.69, 9.17) is 0 Å². The third kappa shape index (κ3) is 4.60. The van der Waals surface area contributed by atoms with Gasteiger partial charge in [0.05, 0.1) is 18.8 Å². The maximum atomic E-state index is 9.33. The van der Waals surface area contributed by atoms with E-state index in [1.807, 2.05) is 13.0 Å². The number of hydrogen-bond donors (Lipinski definition) is 3. The molecule has 0 amide bonds. The zero-order valence-electron chi connectivity index (χ0n) is 12.5. The maximum Gasteiger partial charge on any atom is 0.0633 e. The van der Waals surface area contributed by atoms with Crippen molar-refractivity contribution in [1.29, 1.82) is 0 Å². The summed E-state index contributed by atoms with van der Waals surface area (Å²) < 4.78 is 0. The minimum absolute atomic E-state index is 0.0551. The SMILES string of the molecule is CC(CC(C)(C)c1ccccc1)NC(C)(CO)CO. The molecule has 19 heavy (non-hydrogen) atoms. The molecular formula is C16H27NO2. The Kier molecular flexibility index (Phi) is 5.53. The van der Waals surface area contributed by atoms with Crippen LogP contribution < -0.4 is 5.32 Å². The van der Waals surface area contributed by atoms with Gasteiger partial charge >= 0.3 is 0 Å². The predicted octanol–water partition coefficient (Wildman–Crippen LogP) is 2.08.